The molecule has 0 radical (unpaired) electrons. The Morgan fingerprint density at radius 3 is 2.57 bits per heavy atom. The zero-order chi connectivity index (χ0) is 21.5. The van der Waals surface area contributed by atoms with E-state index in [1.165, 1.54) is 6.07 Å². The van der Waals surface area contributed by atoms with Gasteiger partial charge in [-0.15, -0.1) is 0 Å². The molecule has 0 aliphatic rings. The highest BCUT2D eigenvalue weighted by Gasteiger charge is 2.24. The molecular weight excluding hydrogens is 412 g/mol. The summed E-state index contributed by atoms with van der Waals surface area (Å²) in [6, 6.07) is 13.4. The predicted molar refractivity (Wildman–Crippen MR) is 112 cm³/mol. The van der Waals surface area contributed by atoms with Crippen molar-refractivity contribution in [2.24, 2.45) is 0 Å². The van der Waals surface area contributed by atoms with E-state index in [-0.39, 0.29) is 22.2 Å². The van der Waals surface area contributed by atoms with E-state index in [1.54, 1.807) is 42.5 Å². The number of ether oxygens (including phenoxy) is 1. The Labute approximate surface area is 176 Å². The maximum Gasteiger partial charge on any atom is 0.355 e. The third-order valence-electron chi connectivity index (χ3n) is 3.86. The Balaban J connectivity index is 1.86. The fourth-order valence-electron chi connectivity index (χ4n) is 2.54. The smallest absolute Gasteiger partial charge is 0.355 e. The summed E-state index contributed by atoms with van der Waals surface area (Å²) in [5.74, 6) is -0.345. The number of nitrogens with one attached hydrogen (secondary N) is 3. The van der Waals surface area contributed by atoms with Crippen molar-refractivity contribution in [1.82, 2.24) is 15.4 Å². The number of carbonyl (C=O) groups excluding carboxylic acids is 1. The molecule has 0 aliphatic carbocycles. The summed E-state index contributed by atoms with van der Waals surface area (Å²) in [6.07, 6.45) is 1.13. The van der Waals surface area contributed by atoms with Crippen molar-refractivity contribution in [2.45, 2.75) is 6.92 Å². The standard InChI is InChI=1S/C19H17ClN6O4/c1-2-30-15-10-6-5-9-14(15)23-17-16(26(28)29)18(22-11-21-17)24-25-19(27)12-7-3-4-8-13(12)20/h3-11H,2H2,1H3,(H,25,27)(H2,21,22,23,24). The average molecular weight is 429 g/mol. The van der Waals surface area contributed by atoms with Gasteiger partial charge in [-0.3, -0.25) is 25.8 Å². The zero-order valence-electron chi connectivity index (χ0n) is 15.8. The molecule has 0 saturated carbocycles. The Morgan fingerprint density at radius 2 is 1.83 bits per heavy atom. The Hall–Kier alpha value is -3.92. The van der Waals surface area contributed by atoms with Gasteiger partial charge in [-0.05, 0) is 31.2 Å². The molecular formula is C19H17ClN6O4. The van der Waals surface area contributed by atoms with Crippen LogP contribution in [0.25, 0.3) is 0 Å². The first kappa shape index (κ1) is 20.8. The molecule has 3 rings (SSSR count). The summed E-state index contributed by atoms with van der Waals surface area (Å²) in [6.45, 7) is 2.25. The molecule has 10 nitrogen and oxygen atoms in total. The third-order valence-corrected chi connectivity index (χ3v) is 4.19. The number of aromatic nitrogens is 2. The lowest BCUT2D eigenvalue weighted by Gasteiger charge is -2.13. The van der Waals surface area contributed by atoms with Crippen molar-refractivity contribution in [3.63, 3.8) is 0 Å². The van der Waals surface area contributed by atoms with Crippen LogP contribution in [0, 0.1) is 10.1 Å². The van der Waals surface area contributed by atoms with E-state index >= 15 is 0 Å². The quantitative estimate of drug-likeness (QED) is 0.363. The van der Waals surface area contributed by atoms with Gasteiger partial charge in [0.15, 0.2) is 0 Å². The van der Waals surface area contributed by atoms with Crippen LogP contribution in [0.1, 0.15) is 17.3 Å². The van der Waals surface area contributed by atoms with Crippen LogP contribution in [0.3, 0.4) is 0 Å². The molecule has 0 saturated heterocycles. The molecule has 1 amide bonds. The molecule has 0 spiro atoms. The summed E-state index contributed by atoms with van der Waals surface area (Å²) < 4.78 is 5.52. The number of hydrogen-bond acceptors (Lipinski definition) is 8. The second-order valence-corrected chi connectivity index (χ2v) is 6.20. The van der Waals surface area contributed by atoms with Crippen LogP contribution in [0.2, 0.25) is 5.02 Å². The Bertz CT molecular complexity index is 1080. The Kier molecular flexibility index (Phi) is 6.60. The van der Waals surface area contributed by atoms with Crippen LogP contribution < -0.4 is 20.9 Å². The molecule has 0 atom stereocenters. The van der Waals surface area contributed by atoms with Crippen LogP contribution in [-0.4, -0.2) is 27.4 Å². The molecule has 3 aromatic rings. The van der Waals surface area contributed by atoms with Gasteiger partial charge < -0.3 is 10.1 Å². The molecule has 0 bridgehead atoms. The third kappa shape index (κ3) is 4.73. The first-order valence-corrected chi connectivity index (χ1v) is 9.18. The van der Waals surface area contributed by atoms with Gasteiger partial charge in [0.05, 0.1) is 27.8 Å². The first-order chi connectivity index (χ1) is 14.5. The van der Waals surface area contributed by atoms with Gasteiger partial charge in [-0.1, -0.05) is 35.9 Å². The van der Waals surface area contributed by atoms with Crippen LogP contribution in [0.4, 0.5) is 23.0 Å². The van der Waals surface area contributed by atoms with Gasteiger partial charge in [-0.2, -0.15) is 0 Å². The number of rotatable bonds is 8. The largest absolute Gasteiger partial charge is 0.492 e. The van der Waals surface area contributed by atoms with E-state index in [2.05, 4.69) is 26.1 Å². The number of hydrazine groups is 1. The van der Waals surface area contributed by atoms with Gasteiger partial charge in [0.25, 0.3) is 5.91 Å². The maximum absolute atomic E-state index is 12.3. The summed E-state index contributed by atoms with van der Waals surface area (Å²) in [4.78, 5) is 31.2. The molecule has 1 heterocycles. The minimum atomic E-state index is -0.657. The SMILES string of the molecule is CCOc1ccccc1Nc1ncnc(NNC(=O)c2ccccc2Cl)c1[N+](=O)[O-]. The number of hydrogen-bond donors (Lipinski definition) is 3. The molecule has 0 fully saturated rings. The molecule has 11 heteroatoms. The van der Waals surface area contributed by atoms with E-state index in [4.69, 9.17) is 16.3 Å². The van der Waals surface area contributed by atoms with Crippen molar-refractivity contribution in [3.05, 3.63) is 75.6 Å². The number of halogens is 1. The molecule has 2 aromatic carbocycles. The van der Waals surface area contributed by atoms with E-state index in [1.807, 2.05) is 6.92 Å². The van der Waals surface area contributed by atoms with Gasteiger partial charge >= 0.3 is 5.69 Å². The predicted octanol–water partition coefficient (Wildman–Crippen LogP) is 3.94. The summed E-state index contributed by atoms with van der Waals surface area (Å²) in [5.41, 5.74) is 5.06. The van der Waals surface area contributed by atoms with Gasteiger partial charge in [0, 0.05) is 0 Å². The van der Waals surface area contributed by atoms with Crippen molar-refractivity contribution in [2.75, 3.05) is 17.3 Å². The minimum Gasteiger partial charge on any atom is -0.492 e. The fourth-order valence-corrected chi connectivity index (χ4v) is 2.76. The lowest BCUT2D eigenvalue weighted by atomic mass is 10.2. The number of para-hydroxylation sites is 2. The molecule has 0 unspecified atom stereocenters. The van der Waals surface area contributed by atoms with Gasteiger partial charge in [0.1, 0.15) is 12.1 Å². The van der Waals surface area contributed by atoms with E-state index in [0.717, 1.165) is 6.33 Å². The number of anilines is 3. The number of benzene rings is 2. The first-order valence-electron chi connectivity index (χ1n) is 8.80. The van der Waals surface area contributed by atoms with Crippen LogP contribution in [-0.2, 0) is 0 Å². The number of amides is 1. The van der Waals surface area contributed by atoms with Crippen LogP contribution in [0.5, 0.6) is 5.75 Å². The van der Waals surface area contributed by atoms with Crippen molar-refractivity contribution in [3.8, 4) is 5.75 Å². The Morgan fingerprint density at radius 1 is 1.13 bits per heavy atom. The molecule has 3 N–H and O–H groups in total. The van der Waals surface area contributed by atoms with Gasteiger partial charge in [-0.25, -0.2) is 9.97 Å². The van der Waals surface area contributed by atoms with Crippen molar-refractivity contribution < 1.29 is 14.5 Å². The van der Waals surface area contributed by atoms with Gasteiger partial charge in [0.2, 0.25) is 11.6 Å². The second kappa shape index (κ2) is 9.52. The molecule has 1 aromatic heterocycles. The molecule has 30 heavy (non-hydrogen) atoms. The fraction of sp³-hybridized carbons (Fsp3) is 0.105. The normalized spacial score (nSPS) is 10.2. The van der Waals surface area contributed by atoms with Crippen LogP contribution in [0.15, 0.2) is 54.9 Å². The monoisotopic (exact) mass is 428 g/mol. The average Bonchev–Trinajstić information content (AvgIpc) is 2.74. The van der Waals surface area contributed by atoms with Crippen LogP contribution >= 0.6 is 11.6 Å². The lowest BCUT2D eigenvalue weighted by molar-refractivity contribution is -0.383. The van der Waals surface area contributed by atoms with Crippen molar-refractivity contribution in [1.29, 1.82) is 0 Å². The molecule has 154 valence electrons. The topological polar surface area (TPSA) is 131 Å². The lowest BCUT2D eigenvalue weighted by Crippen LogP contribution is -2.30. The summed E-state index contributed by atoms with van der Waals surface area (Å²) in [5, 5.41) is 14.8. The number of nitrogens with zero attached hydrogens (tertiary/aromatic N) is 3. The zero-order valence-corrected chi connectivity index (χ0v) is 16.5. The highest BCUT2D eigenvalue weighted by atomic mass is 35.5. The number of nitro groups is 1. The number of carbonyl (C=O) groups is 1. The van der Waals surface area contributed by atoms with E-state index in [0.29, 0.717) is 18.0 Å². The van der Waals surface area contributed by atoms with E-state index < -0.39 is 16.5 Å². The summed E-state index contributed by atoms with van der Waals surface area (Å²) >= 11 is 5.99. The van der Waals surface area contributed by atoms with Crippen molar-refractivity contribution >= 4 is 40.5 Å². The highest BCUT2D eigenvalue weighted by molar-refractivity contribution is 6.33. The minimum absolute atomic E-state index is 0.0726. The molecule has 0 aliphatic heterocycles. The summed E-state index contributed by atoms with van der Waals surface area (Å²) in [7, 11) is 0. The maximum atomic E-state index is 12.3. The van der Waals surface area contributed by atoms with E-state index in [9.17, 15) is 14.9 Å². The highest BCUT2D eigenvalue weighted by Crippen LogP contribution is 2.34. The second-order valence-electron chi connectivity index (χ2n) is 5.79.